The number of benzene rings is 1. The Balaban J connectivity index is 2.00. The molecule has 7 heteroatoms. The molecule has 1 aliphatic heterocycles. The lowest BCUT2D eigenvalue weighted by molar-refractivity contribution is -0.134. The number of amides is 4. The molecule has 1 aliphatic rings. The van der Waals surface area contributed by atoms with E-state index < -0.39 is 18.0 Å². The average Bonchev–Trinajstić information content (AvgIpc) is 2.85. The lowest BCUT2D eigenvalue weighted by Crippen LogP contribution is -2.39. The molecule has 0 bridgehead atoms. The van der Waals surface area contributed by atoms with Crippen molar-refractivity contribution in [2.75, 3.05) is 13.7 Å². The minimum Gasteiger partial charge on any atom is -0.497 e. The average molecular weight is 319 g/mol. The predicted molar refractivity (Wildman–Crippen MR) is 83.8 cm³/mol. The van der Waals surface area contributed by atoms with Crippen molar-refractivity contribution in [3.8, 4) is 5.75 Å². The summed E-state index contributed by atoms with van der Waals surface area (Å²) in [6.45, 7) is 3.03. The van der Waals surface area contributed by atoms with Gasteiger partial charge in [0.2, 0.25) is 5.91 Å². The van der Waals surface area contributed by atoms with Crippen LogP contribution in [0.15, 0.2) is 24.3 Å². The molecule has 7 nitrogen and oxygen atoms in total. The first-order valence-corrected chi connectivity index (χ1v) is 7.55. The first kappa shape index (κ1) is 16.8. The number of hydrogen-bond donors (Lipinski definition) is 2. The van der Waals surface area contributed by atoms with Crippen LogP contribution in [0.4, 0.5) is 4.79 Å². The lowest BCUT2D eigenvalue weighted by atomic mass is 10.1. The fourth-order valence-electron chi connectivity index (χ4n) is 2.42. The lowest BCUT2D eigenvalue weighted by Gasteiger charge is -2.23. The molecule has 124 valence electrons. The van der Waals surface area contributed by atoms with Gasteiger partial charge in [0.05, 0.1) is 13.5 Å². The third-order valence-corrected chi connectivity index (χ3v) is 3.62. The SMILES string of the molecule is CCCN(Cc1ccc(OC)cc1)C(=O)C[C@@H]1NC(=O)NC1=O. The summed E-state index contributed by atoms with van der Waals surface area (Å²) in [6, 6.07) is 6.15. The van der Waals surface area contributed by atoms with Crippen LogP contribution in [0.3, 0.4) is 0 Å². The van der Waals surface area contributed by atoms with Crippen molar-refractivity contribution in [1.29, 1.82) is 0 Å². The van der Waals surface area contributed by atoms with Crippen LogP contribution in [-0.4, -0.2) is 42.4 Å². The molecule has 2 N–H and O–H groups in total. The summed E-state index contributed by atoms with van der Waals surface area (Å²) >= 11 is 0. The zero-order valence-corrected chi connectivity index (χ0v) is 13.3. The van der Waals surface area contributed by atoms with E-state index in [0.717, 1.165) is 17.7 Å². The maximum atomic E-state index is 12.4. The zero-order chi connectivity index (χ0) is 16.8. The number of urea groups is 1. The molecule has 0 radical (unpaired) electrons. The van der Waals surface area contributed by atoms with Crippen LogP contribution in [0.1, 0.15) is 25.3 Å². The van der Waals surface area contributed by atoms with Crippen molar-refractivity contribution in [3.05, 3.63) is 29.8 Å². The highest BCUT2D eigenvalue weighted by molar-refractivity contribution is 6.05. The largest absolute Gasteiger partial charge is 0.497 e. The Kier molecular flexibility index (Phi) is 5.56. The minimum atomic E-state index is -0.787. The van der Waals surface area contributed by atoms with Crippen LogP contribution in [-0.2, 0) is 16.1 Å². The maximum absolute atomic E-state index is 12.4. The Hall–Kier alpha value is -2.57. The Morgan fingerprint density at radius 3 is 2.48 bits per heavy atom. The Morgan fingerprint density at radius 2 is 1.96 bits per heavy atom. The molecule has 1 aromatic rings. The minimum absolute atomic E-state index is 0.0340. The first-order valence-electron chi connectivity index (χ1n) is 7.55. The summed E-state index contributed by atoms with van der Waals surface area (Å²) in [5, 5.41) is 4.58. The van der Waals surface area contributed by atoms with E-state index in [2.05, 4.69) is 10.6 Å². The molecule has 1 saturated heterocycles. The number of carbonyl (C=O) groups is 3. The van der Waals surface area contributed by atoms with Crippen LogP contribution in [0.25, 0.3) is 0 Å². The molecule has 1 aromatic carbocycles. The summed E-state index contributed by atoms with van der Waals surface area (Å²) in [5.74, 6) is 0.140. The van der Waals surface area contributed by atoms with Crippen molar-refractivity contribution < 1.29 is 19.1 Å². The number of rotatable bonds is 7. The fraction of sp³-hybridized carbons (Fsp3) is 0.438. The smallest absolute Gasteiger partial charge is 0.322 e. The van der Waals surface area contributed by atoms with Gasteiger partial charge in [0.15, 0.2) is 0 Å². The van der Waals surface area contributed by atoms with Crippen LogP contribution in [0, 0.1) is 0 Å². The molecular weight excluding hydrogens is 298 g/mol. The first-order chi connectivity index (χ1) is 11.0. The molecule has 0 aliphatic carbocycles. The number of nitrogens with one attached hydrogen (secondary N) is 2. The van der Waals surface area contributed by atoms with Gasteiger partial charge in [0.25, 0.3) is 5.91 Å². The molecule has 1 fully saturated rings. The molecule has 1 atom stereocenters. The van der Waals surface area contributed by atoms with Gasteiger partial charge in [0, 0.05) is 13.1 Å². The summed E-state index contributed by atoms with van der Waals surface area (Å²) in [7, 11) is 1.60. The van der Waals surface area contributed by atoms with Crippen molar-refractivity contribution in [2.45, 2.75) is 32.4 Å². The second-order valence-corrected chi connectivity index (χ2v) is 5.38. The van der Waals surface area contributed by atoms with Gasteiger partial charge in [-0.1, -0.05) is 19.1 Å². The van der Waals surface area contributed by atoms with Crippen molar-refractivity contribution in [2.24, 2.45) is 0 Å². The van der Waals surface area contributed by atoms with Gasteiger partial charge in [-0.15, -0.1) is 0 Å². The maximum Gasteiger partial charge on any atom is 0.322 e. The van der Waals surface area contributed by atoms with Crippen LogP contribution in [0.2, 0.25) is 0 Å². The van der Waals surface area contributed by atoms with Gasteiger partial charge < -0.3 is 15.0 Å². The van der Waals surface area contributed by atoms with Crippen molar-refractivity contribution in [3.63, 3.8) is 0 Å². The van der Waals surface area contributed by atoms with Crippen molar-refractivity contribution >= 4 is 17.8 Å². The second kappa shape index (κ2) is 7.62. The standard InChI is InChI=1S/C16H21N3O4/c1-3-8-19(10-11-4-6-12(23-2)7-5-11)14(20)9-13-15(21)18-16(22)17-13/h4-7,13H,3,8-10H2,1-2H3,(H2,17,18,21,22)/t13-/m0/s1. The Bertz CT molecular complexity index is 585. The molecule has 1 heterocycles. The number of imide groups is 1. The highest BCUT2D eigenvalue weighted by atomic mass is 16.5. The third kappa shape index (κ3) is 4.45. The second-order valence-electron chi connectivity index (χ2n) is 5.38. The summed E-state index contributed by atoms with van der Waals surface area (Å²) in [6.07, 6.45) is 0.777. The normalized spacial score (nSPS) is 16.7. The Morgan fingerprint density at radius 1 is 1.26 bits per heavy atom. The van der Waals surface area contributed by atoms with Gasteiger partial charge >= 0.3 is 6.03 Å². The van der Waals surface area contributed by atoms with Gasteiger partial charge in [-0.3, -0.25) is 14.9 Å². The van der Waals surface area contributed by atoms with Crippen LogP contribution < -0.4 is 15.4 Å². The summed E-state index contributed by atoms with van der Waals surface area (Å²) < 4.78 is 5.11. The molecule has 0 saturated carbocycles. The quantitative estimate of drug-likeness (QED) is 0.735. The molecule has 23 heavy (non-hydrogen) atoms. The molecule has 2 rings (SSSR count). The van der Waals surface area contributed by atoms with E-state index in [9.17, 15) is 14.4 Å². The van der Waals surface area contributed by atoms with E-state index in [1.54, 1.807) is 12.0 Å². The van der Waals surface area contributed by atoms with E-state index in [-0.39, 0.29) is 12.3 Å². The molecule has 0 unspecified atom stereocenters. The monoisotopic (exact) mass is 319 g/mol. The fourth-order valence-corrected chi connectivity index (χ4v) is 2.42. The molecule has 0 aromatic heterocycles. The number of ether oxygens (including phenoxy) is 1. The number of carbonyl (C=O) groups excluding carboxylic acids is 3. The van der Waals surface area contributed by atoms with E-state index in [4.69, 9.17) is 4.74 Å². The topological polar surface area (TPSA) is 87.7 Å². The molecular formula is C16H21N3O4. The van der Waals surface area contributed by atoms with E-state index in [1.165, 1.54) is 0 Å². The summed E-state index contributed by atoms with van der Waals surface area (Å²) in [4.78, 5) is 36.8. The van der Waals surface area contributed by atoms with E-state index in [0.29, 0.717) is 13.1 Å². The van der Waals surface area contributed by atoms with Gasteiger partial charge in [-0.2, -0.15) is 0 Å². The van der Waals surface area contributed by atoms with Crippen molar-refractivity contribution in [1.82, 2.24) is 15.5 Å². The Labute approximate surface area is 135 Å². The molecule has 4 amide bonds. The number of hydrogen-bond acceptors (Lipinski definition) is 4. The zero-order valence-electron chi connectivity index (χ0n) is 13.3. The highest BCUT2D eigenvalue weighted by Gasteiger charge is 2.32. The van der Waals surface area contributed by atoms with Gasteiger partial charge in [-0.25, -0.2) is 4.79 Å². The third-order valence-electron chi connectivity index (χ3n) is 3.62. The predicted octanol–water partition coefficient (Wildman–Crippen LogP) is 1.03. The summed E-state index contributed by atoms with van der Waals surface area (Å²) in [5.41, 5.74) is 0.979. The van der Waals surface area contributed by atoms with Gasteiger partial charge in [-0.05, 0) is 24.1 Å². The van der Waals surface area contributed by atoms with E-state index >= 15 is 0 Å². The van der Waals surface area contributed by atoms with Crippen LogP contribution in [0.5, 0.6) is 5.75 Å². The van der Waals surface area contributed by atoms with Gasteiger partial charge in [0.1, 0.15) is 11.8 Å². The van der Waals surface area contributed by atoms with E-state index in [1.807, 2.05) is 31.2 Å². The number of nitrogens with zero attached hydrogens (tertiary/aromatic N) is 1. The highest BCUT2D eigenvalue weighted by Crippen LogP contribution is 2.14. The van der Waals surface area contributed by atoms with Crippen LogP contribution >= 0.6 is 0 Å². The number of methoxy groups -OCH3 is 1. The molecule has 0 spiro atoms.